The lowest BCUT2D eigenvalue weighted by molar-refractivity contribution is -0.385. The molecule has 0 aliphatic heterocycles. The van der Waals surface area contributed by atoms with Crippen LogP contribution >= 0.6 is 0 Å². The van der Waals surface area contributed by atoms with Gasteiger partial charge in [-0.1, -0.05) is 11.8 Å². The fourth-order valence-corrected chi connectivity index (χ4v) is 2.28. The van der Waals surface area contributed by atoms with Crippen LogP contribution in [0.4, 0.5) is 11.4 Å². The SMILES string of the molecule is Cc1nc2cc(N=Cc3cc([N+](=O)[O-])ccc3[O-])ccc2n1C. The van der Waals surface area contributed by atoms with Gasteiger partial charge < -0.3 is 9.67 Å². The lowest BCUT2D eigenvalue weighted by atomic mass is 10.2. The number of imidazole rings is 1. The highest BCUT2D eigenvalue weighted by molar-refractivity contribution is 5.87. The minimum atomic E-state index is -0.542. The molecule has 7 heteroatoms. The summed E-state index contributed by atoms with van der Waals surface area (Å²) in [7, 11) is 1.93. The van der Waals surface area contributed by atoms with Gasteiger partial charge in [0, 0.05) is 25.4 Å². The summed E-state index contributed by atoms with van der Waals surface area (Å²) < 4.78 is 1.97. The smallest absolute Gasteiger partial charge is 0.270 e. The third kappa shape index (κ3) is 2.76. The molecule has 0 amide bonds. The van der Waals surface area contributed by atoms with Gasteiger partial charge in [-0.2, -0.15) is 0 Å². The normalized spacial score (nSPS) is 11.4. The van der Waals surface area contributed by atoms with Crippen molar-refractivity contribution in [1.82, 2.24) is 9.55 Å². The van der Waals surface area contributed by atoms with Crippen molar-refractivity contribution in [3.05, 3.63) is 57.9 Å². The fourth-order valence-electron chi connectivity index (χ4n) is 2.28. The number of rotatable bonds is 3. The van der Waals surface area contributed by atoms with Crippen molar-refractivity contribution in [3.63, 3.8) is 0 Å². The van der Waals surface area contributed by atoms with E-state index in [2.05, 4.69) is 9.98 Å². The van der Waals surface area contributed by atoms with Crippen LogP contribution in [-0.2, 0) is 7.05 Å². The third-order valence-electron chi connectivity index (χ3n) is 3.64. The monoisotopic (exact) mass is 309 g/mol. The van der Waals surface area contributed by atoms with Crippen LogP contribution in [0.15, 0.2) is 41.4 Å². The van der Waals surface area contributed by atoms with Crippen LogP contribution in [0.3, 0.4) is 0 Å². The van der Waals surface area contributed by atoms with Crippen LogP contribution in [0.5, 0.6) is 5.75 Å². The van der Waals surface area contributed by atoms with Gasteiger partial charge in [0.25, 0.3) is 5.69 Å². The Kier molecular flexibility index (Phi) is 3.53. The van der Waals surface area contributed by atoms with Crippen LogP contribution in [0.2, 0.25) is 0 Å². The number of hydrogen-bond donors (Lipinski definition) is 0. The minimum Gasteiger partial charge on any atom is -0.872 e. The Hall–Kier alpha value is -3.22. The summed E-state index contributed by atoms with van der Waals surface area (Å²) in [4.78, 5) is 18.9. The second-order valence-corrected chi connectivity index (χ2v) is 5.13. The first-order valence-electron chi connectivity index (χ1n) is 6.88. The van der Waals surface area contributed by atoms with Crippen molar-refractivity contribution in [2.75, 3.05) is 0 Å². The van der Waals surface area contributed by atoms with E-state index in [0.717, 1.165) is 16.9 Å². The number of nitro benzene ring substituents is 1. The van der Waals surface area contributed by atoms with Gasteiger partial charge in [-0.05, 0) is 30.7 Å². The van der Waals surface area contributed by atoms with Crippen LogP contribution in [0.1, 0.15) is 11.4 Å². The number of aliphatic imine (C=N–C) groups is 1. The Bertz CT molecular complexity index is 944. The molecule has 0 unspecified atom stereocenters. The first-order valence-corrected chi connectivity index (χ1v) is 6.88. The van der Waals surface area contributed by atoms with Gasteiger partial charge in [-0.15, -0.1) is 0 Å². The highest BCUT2D eigenvalue weighted by atomic mass is 16.6. The largest absolute Gasteiger partial charge is 0.872 e. The first kappa shape index (κ1) is 14.7. The van der Waals surface area contributed by atoms with Gasteiger partial charge >= 0.3 is 0 Å². The van der Waals surface area contributed by atoms with Crippen LogP contribution in [0.25, 0.3) is 11.0 Å². The summed E-state index contributed by atoms with van der Waals surface area (Å²) in [6, 6.07) is 9.08. The number of nitrogens with zero attached hydrogens (tertiary/aromatic N) is 4. The fraction of sp³-hybridized carbons (Fsp3) is 0.125. The summed E-state index contributed by atoms with van der Waals surface area (Å²) >= 11 is 0. The van der Waals surface area contributed by atoms with E-state index in [1.165, 1.54) is 24.4 Å². The van der Waals surface area contributed by atoms with E-state index in [1.807, 2.05) is 30.7 Å². The number of benzene rings is 2. The van der Waals surface area contributed by atoms with Crippen molar-refractivity contribution in [1.29, 1.82) is 0 Å². The highest BCUT2D eigenvalue weighted by Crippen LogP contribution is 2.23. The zero-order valence-corrected chi connectivity index (χ0v) is 12.6. The quantitative estimate of drug-likeness (QED) is 0.422. The molecule has 0 N–H and O–H groups in total. The Morgan fingerprint density at radius 1 is 1.26 bits per heavy atom. The Morgan fingerprint density at radius 3 is 2.78 bits per heavy atom. The Balaban J connectivity index is 1.96. The minimum absolute atomic E-state index is 0.137. The number of hydrogen-bond acceptors (Lipinski definition) is 5. The molecule has 0 saturated carbocycles. The molecule has 0 aliphatic carbocycles. The van der Waals surface area contributed by atoms with E-state index in [9.17, 15) is 15.2 Å². The van der Waals surface area contributed by atoms with Crippen LogP contribution in [-0.4, -0.2) is 20.7 Å². The van der Waals surface area contributed by atoms with E-state index in [-0.39, 0.29) is 17.0 Å². The molecule has 0 spiro atoms. The molecule has 0 fully saturated rings. The number of fused-ring (bicyclic) bond motifs is 1. The molecule has 3 aromatic rings. The summed E-state index contributed by atoms with van der Waals surface area (Å²) in [5.74, 6) is 0.579. The molecule has 0 atom stereocenters. The summed E-state index contributed by atoms with van der Waals surface area (Å²) in [6.45, 7) is 1.91. The van der Waals surface area contributed by atoms with Gasteiger partial charge in [0.1, 0.15) is 5.82 Å². The maximum atomic E-state index is 11.7. The van der Waals surface area contributed by atoms with Gasteiger partial charge in [0.2, 0.25) is 0 Å². The molecule has 1 heterocycles. The standard InChI is InChI=1S/C16H14N4O3/c1-10-18-14-8-12(3-5-15(14)19(10)2)17-9-11-7-13(20(22)23)4-6-16(11)21/h3-9,21H,1-2H3/p-1. The van der Waals surface area contributed by atoms with E-state index in [0.29, 0.717) is 5.69 Å². The summed E-state index contributed by atoms with van der Waals surface area (Å²) in [5, 5.41) is 22.5. The van der Waals surface area contributed by atoms with Crippen molar-refractivity contribution < 1.29 is 10.0 Å². The second kappa shape index (κ2) is 5.53. The predicted molar refractivity (Wildman–Crippen MR) is 85.2 cm³/mol. The van der Waals surface area contributed by atoms with E-state index in [1.54, 1.807) is 6.07 Å². The topological polar surface area (TPSA) is 96.4 Å². The van der Waals surface area contributed by atoms with E-state index in [4.69, 9.17) is 0 Å². The number of non-ortho nitro benzene ring substituents is 1. The number of aromatic nitrogens is 2. The molecule has 23 heavy (non-hydrogen) atoms. The van der Waals surface area contributed by atoms with Crippen molar-refractivity contribution in [2.45, 2.75) is 6.92 Å². The summed E-state index contributed by atoms with van der Waals surface area (Å²) in [5.41, 5.74) is 2.46. The lowest BCUT2D eigenvalue weighted by Crippen LogP contribution is -1.98. The van der Waals surface area contributed by atoms with Crippen molar-refractivity contribution in [3.8, 4) is 5.75 Å². The molecular weight excluding hydrogens is 296 g/mol. The average Bonchev–Trinajstić information content (AvgIpc) is 2.80. The zero-order valence-electron chi connectivity index (χ0n) is 12.6. The molecule has 7 nitrogen and oxygen atoms in total. The molecular formula is C16H13N4O3-. The molecule has 2 aromatic carbocycles. The van der Waals surface area contributed by atoms with E-state index < -0.39 is 4.92 Å². The highest BCUT2D eigenvalue weighted by Gasteiger charge is 2.06. The van der Waals surface area contributed by atoms with Crippen LogP contribution < -0.4 is 5.11 Å². The van der Waals surface area contributed by atoms with Gasteiger partial charge in [-0.25, -0.2) is 4.98 Å². The molecule has 0 aliphatic rings. The van der Waals surface area contributed by atoms with Gasteiger partial charge in [0.15, 0.2) is 0 Å². The number of aryl methyl sites for hydroxylation is 2. The van der Waals surface area contributed by atoms with Gasteiger partial charge in [0.05, 0.1) is 21.6 Å². The van der Waals surface area contributed by atoms with Crippen molar-refractivity contribution >= 4 is 28.6 Å². The molecule has 3 rings (SSSR count). The first-order chi connectivity index (χ1) is 11.0. The molecule has 1 aromatic heterocycles. The lowest BCUT2D eigenvalue weighted by Gasteiger charge is -2.08. The molecule has 116 valence electrons. The molecule has 0 radical (unpaired) electrons. The molecule has 0 bridgehead atoms. The van der Waals surface area contributed by atoms with E-state index >= 15 is 0 Å². The summed E-state index contributed by atoms with van der Waals surface area (Å²) in [6.07, 6.45) is 1.34. The zero-order chi connectivity index (χ0) is 16.6. The Labute approximate surface area is 131 Å². The maximum Gasteiger partial charge on any atom is 0.270 e. The number of nitro groups is 1. The van der Waals surface area contributed by atoms with Gasteiger partial charge in [-0.3, -0.25) is 15.1 Å². The Morgan fingerprint density at radius 2 is 2.04 bits per heavy atom. The average molecular weight is 309 g/mol. The van der Waals surface area contributed by atoms with Crippen LogP contribution in [0, 0.1) is 17.0 Å². The maximum absolute atomic E-state index is 11.7. The second-order valence-electron chi connectivity index (χ2n) is 5.13. The third-order valence-corrected chi connectivity index (χ3v) is 3.64. The molecule has 0 saturated heterocycles. The van der Waals surface area contributed by atoms with Crippen molar-refractivity contribution in [2.24, 2.45) is 12.0 Å². The predicted octanol–water partition coefficient (Wildman–Crippen LogP) is 2.61.